The average molecular weight is 505 g/mol. The minimum atomic E-state index is -0.262. The molecule has 1 aliphatic heterocycles. The molecule has 0 unspecified atom stereocenters. The highest BCUT2D eigenvalue weighted by Gasteiger charge is 2.29. The van der Waals surface area contributed by atoms with E-state index in [4.69, 9.17) is 0 Å². The quantitative estimate of drug-likeness (QED) is 0.458. The molecule has 2 fully saturated rings. The molecule has 1 aliphatic carbocycles. The van der Waals surface area contributed by atoms with E-state index in [1.165, 1.54) is 4.57 Å². The van der Waals surface area contributed by atoms with Crippen LogP contribution in [0.5, 0.6) is 0 Å². The van der Waals surface area contributed by atoms with Gasteiger partial charge in [0, 0.05) is 36.7 Å². The number of aromatic nitrogens is 5. The van der Waals surface area contributed by atoms with Gasteiger partial charge in [0.25, 0.3) is 11.5 Å². The number of carbonyl (C=O) groups excluding carboxylic acids is 1. The Morgan fingerprint density at radius 3 is 2.50 bits per heavy atom. The second-order valence-corrected chi connectivity index (χ2v) is 10.8. The number of thioether (sulfide) groups is 1. The number of imidazole rings is 1. The van der Waals surface area contributed by atoms with Gasteiger partial charge in [-0.15, -0.1) is 0 Å². The monoisotopic (exact) mass is 504 g/mol. The lowest BCUT2D eigenvalue weighted by Crippen LogP contribution is -2.46. The third-order valence-electron chi connectivity index (χ3n) is 7.43. The van der Waals surface area contributed by atoms with Gasteiger partial charge >= 0.3 is 5.69 Å². The van der Waals surface area contributed by atoms with Crippen LogP contribution in [0.1, 0.15) is 61.1 Å². The number of carbonyl (C=O) groups is 1. The molecule has 186 valence electrons. The van der Waals surface area contributed by atoms with Gasteiger partial charge in [0.2, 0.25) is 0 Å². The number of nitrogens with one attached hydrogen (secondary N) is 1. The first kappa shape index (κ1) is 23.0. The van der Waals surface area contributed by atoms with E-state index < -0.39 is 0 Å². The summed E-state index contributed by atoms with van der Waals surface area (Å²) in [6.45, 7) is 0. The largest absolute Gasteiger partial charge is 0.348 e. The summed E-state index contributed by atoms with van der Waals surface area (Å²) in [7, 11) is 0. The van der Waals surface area contributed by atoms with Crippen molar-refractivity contribution in [3.05, 3.63) is 75.5 Å². The molecule has 0 bridgehead atoms. The first-order valence-electron chi connectivity index (χ1n) is 12.5. The number of nitrogens with zero attached hydrogens (tertiary/aromatic N) is 5. The van der Waals surface area contributed by atoms with Crippen molar-refractivity contribution in [2.75, 3.05) is 11.5 Å². The minimum Gasteiger partial charge on any atom is -0.348 e. The van der Waals surface area contributed by atoms with E-state index >= 15 is 0 Å². The molecule has 4 aromatic heterocycles. The summed E-state index contributed by atoms with van der Waals surface area (Å²) in [6, 6.07) is 9.01. The van der Waals surface area contributed by atoms with E-state index in [1.807, 2.05) is 40.6 Å². The standard InChI is InChI=1S/C26H28N6O3S/c33-24(21-16-30-13-2-1-5-22(30)29-21)28-17-6-8-18(9-7-17)32-25(34)20-4-3-12-27-23(20)31(26(32)35)19-10-14-36-15-11-19/h1-5,12-13,16-19H,6-11,14-15H2,(H,28,33). The van der Waals surface area contributed by atoms with Gasteiger partial charge in [-0.1, -0.05) is 6.07 Å². The molecular formula is C26H28N6O3S. The Bertz CT molecular complexity index is 1510. The number of fused-ring (bicyclic) bond motifs is 2. The van der Waals surface area contributed by atoms with Crippen LogP contribution in [0.2, 0.25) is 0 Å². The van der Waals surface area contributed by atoms with Crippen LogP contribution in [-0.2, 0) is 0 Å². The van der Waals surface area contributed by atoms with Crippen molar-refractivity contribution in [2.24, 2.45) is 0 Å². The molecule has 4 aromatic rings. The molecular weight excluding hydrogens is 476 g/mol. The SMILES string of the molecule is O=C(NC1CCC(n2c(=O)c3cccnc3n(C3CCSCC3)c2=O)CC1)c1cn2ccccc2n1. The Morgan fingerprint density at radius 2 is 1.72 bits per heavy atom. The van der Waals surface area contributed by atoms with Gasteiger partial charge in [-0.2, -0.15) is 11.8 Å². The molecule has 5 heterocycles. The van der Waals surface area contributed by atoms with Gasteiger partial charge < -0.3 is 9.72 Å². The molecule has 0 atom stereocenters. The Kier molecular flexibility index (Phi) is 6.12. The highest BCUT2D eigenvalue weighted by atomic mass is 32.2. The number of amides is 1. The molecule has 0 radical (unpaired) electrons. The number of hydrogen-bond acceptors (Lipinski definition) is 6. The van der Waals surface area contributed by atoms with Gasteiger partial charge in [0.1, 0.15) is 17.0 Å². The molecule has 0 spiro atoms. The average Bonchev–Trinajstić information content (AvgIpc) is 3.35. The van der Waals surface area contributed by atoms with Crippen LogP contribution < -0.4 is 16.6 Å². The maximum Gasteiger partial charge on any atom is 0.333 e. The number of hydrogen-bond donors (Lipinski definition) is 1. The Balaban J connectivity index is 1.23. The van der Waals surface area contributed by atoms with E-state index in [-0.39, 0.29) is 35.3 Å². The van der Waals surface area contributed by atoms with E-state index in [1.54, 1.807) is 29.1 Å². The molecule has 1 saturated carbocycles. The van der Waals surface area contributed by atoms with Gasteiger partial charge in [0.05, 0.1) is 5.39 Å². The Labute approximate surface area is 211 Å². The normalized spacial score (nSPS) is 21.1. The lowest BCUT2D eigenvalue weighted by Gasteiger charge is -2.31. The first-order valence-corrected chi connectivity index (χ1v) is 13.7. The topological polar surface area (TPSA) is 103 Å². The van der Waals surface area contributed by atoms with Crippen LogP contribution in [0.4, 0.5) is 0 Å². The zero-order valence-electron chi connectivity index (χ0n) is 19.9. The predicted molar refractivity (Wildman–Crippen MR) is 140 cm³/mol. The summed E-state index contributed by atoms with van der Waals surface area (Å²) in [5, 5.41) is 3.59. The lowest BCUT2D eigenvalue weighted by atomic mass is 9.90. The highest BCUT2D eigenvalue weighted by molar-refractivity contribution is 7.99. The van der Waals surface area contributed by atoms with Gasteiger partial charge in [-0.05, 0) is 74.3 Å². The van der Waals surface area contributed by atoms with Crippen molar-refractivity contribution in [3.8, 4) is 0 Å². The van der Waals surface area contributed by atoms with Crippen molar-refractivity contribution >= 4 is 34.3 Å². The van der Waals surface area contributed by atoms with Gasteiger partial charge in [0.15, 0.2) is 0 Å². The third-order valence-corrected chi connectivity index (χ3v) is 8.47. The summed E-state index contributed by atoms with van der Waals surface area (Å²) in [4.78, 5) is 48.8. The first-order chi connectivity index (χ1) is 17.6. The summed E-state index contributed by atoms with van der Waals surface area (Å²) in [5.74, 6) is 1.80. The Morgan fingerprint density at radius 1 is 0.944 bits per heavy atom. The number of pyridine rings is 2. The van der Waals surface area contributed by atoms with E-state index in [9.17, 15) is 14.4 Å². The second-order valence-electron chi connectivity index (χ2n) is 9.62. The predicted octanol–water partition coefficient (Wildman–Crippen LogP) is 3.19. The van der Waals surface area contributed by atoms with Gasteiger partial charge in [-0.25, -0.2) is 14.8 Å². The molecule has 1 saturated heterocycles. The smallest absolute Gasteiger partial charge is 0.333 e. The molecule has 1 amide bonds. The lowest BCUT2D eigenvalue weighted by molar-refractivity contribution is 0.0917. The summed E-state index contributed by atoms with van der Waals surface area (Å²) < 4.78 is 5.06. The molecule has 1 N–H and O–H groups in total. The minimum absolute atomic E-state index is 0.0195. The maximum atomic E-state index is 13.7. The Hall–Kier alpha value is -3.40. The third kappa shape index (κ3) is 4.13. The zero-order chi connectivity index (χ0) is 24.6. The molecule has 9 nitrogen and oxygen atoms in total. The van der Waals surface area contributed by atoms with Crippen molar-refractivity contribution in [1.29, 1.82) is 0 Å². The maximum absolute atomic E-state index is 13.7. The highest BCUT2D eigenvalue weighted by Crippen LogP contribution is 2.30. The fourth-order valence-corrected chi connectivity index (χ4v) is 6.64. The fraction of sp³-hybridized carbons (Fsp3) is 0.423. The van der Waals surface area contributed by atoms with Crippen molar-refractivity contribution in [3.63, 3.8) is 0 Å². The van der Waals surface area contributed by atoms with E-state index in [0.29, 0.717) is 42.4 Å². The van der Waals surface area contributed by atoms with Gasteiger partial charge in [-0.3, -0.25) is 18.7 Å². The van der Waals surface area contributed by atoms with Crippen LogP contribution in [-0.4, -0.2) is 47.0 Å². The molecule has 2 aliphatic rings. The summed E-state index contributed by atoms with van der Waals surface area (Å²) >= 11 is 1.90. The molecule has 0 aromatic carbocycles. The molecule has 10 heteroatoms. The van der Waals surface area contributed by atoms with Crippen LogP contribution in [0, 0.1) is 0 Å². The van der Waals surface area contributed by atoms with Crippen molar-refractivity contribution < 1.29 is 4.79 Å². The summed E-state index contributed by atoms with van der Waals surface area (Å²) in [5.41, 5.74) is 1.09. The van der Waals surface area contributed by atoms with Crippen LogP contribution in [0.15, 0.2) is 58.5 Å². The zero-order valence-corrected chi connectivity index (χ0v) is 20.7. The van der Waals surface area contributed by atoms with Crippen LogP contribution in [0.3, 0.4) is 0 Å². The second kappa shape index (κ2) is 9.57. The fourth-order valence-electron chi connectivity index (χ4n) is 5.56. The van der Waals surface area contributed by atoms with Crippen molar-refractivity contribution in [1.82, 2.24) is 28.8 Å². The number of rotatable bonds is 4. The van der Waals surface area contributed by atoms with Crippen LogP contribution >= 0.6 is 11.8 Å². The van der Waals surface area contributed by atoms with Crippen molar-refractivity contribution in [2.45, 2.75) is 56.7 Å². The van der Waals surface area contributed by atoms with E-state index in [0.717, 1.165) is 30.0 Å². The van der Waals surface area contributed by atoms with E-state index in [2.05, 4.69) is 15.3 Å². The molecule has 6 rings (SSSR count). The summed E-state index contributed by atoms with van der Waals surface area (Å²) in [6.07, 6.45) is 9.73. The van der Waals surface area contributed by atoms with Crippen LogP contribution in [0.25, 0.3) is 16.7 Å². The molecule has 36 heavy (non-hydrogen) atoms.